The number of hydrogen-bond acceptors (Lipinski definition) is 7. The molecule has 3 aromatic heterocycles. The molecule has 1 amide bonds. The Labute approximate surface area is 159 Å². The second-order valence-electron chi connectivity index (χ2n) is 7.03. The van der Waals surface area contributed by atoms with Gasteiger partial charge in [-0.05, 0) is 66.9 Å². The van der Waals surface area contributed by atoms with Gasteiger partial charge in [-0.3, -0.25) is 4.79 Å². The molecule has 4 aromatic rings. The third-order valence-corrected chi connectivity index (χ3v) is 4.93. The van der Waals surface area contributed by atoms with Gasteiger partial charge in [-0.25, -0.2) is 9.67 Å². The molecule has 1 aromatic carbocycles. The van der Waals surface area contributed by atoms with Crippen molar-refractivity contribution in [1.82, 2.24) is 30.3 Å². The van der Waals surface area contributed by atoms with Crippen molar-refractivity contribution in [1.29, 1.82) is 0 Å². The van der Waals surface area contributed by atoms with Gasteiger partial charge in [0.05, 0.1) is 22.3 Å². The Morgan fingerprint density at radius 1 is 1.25 bits per heavy atom. The molecule has 1 saturated carbocycles. The number of fused-ring (bicyclic) bond motifs is 1. The van der Waals surface area contributed by atoms with Gasteiger partial charge in [0.25, 0.3) is 11.6 Å². The minimum Gasteiger partial charge on any atom is -0.336 e. The van der Waals surface area contributed by atoms with Crippen molar-refractivity contribution in [2.24, 2.45) is 0 Å². The van der Waals surface area contributed by atoms with Crippen molar-refractivity contribution in [3.05, 3.63) is 53.1 Å². The highest BCUT2D eigenvalue weighted by Crippen LogP contribution is 2.40. The summed E-state index contributed by atoms with van der Waals surface area (Å²) in [6.07, 6.45) is 3.71. The fourth-order valence-electron chi connectivity index (χ4n) is 3.34. The number of nitrogens with zero attached hydrogens (tertiary/aromatic N) is 6. The van der Waals surface area contributed by atoms with Crippen LogP contribution in [0.15, 0.2) is 35.1 Å². The molecule has 0 radical (unpaired) electrons. The third kappa shape index (κ3) is 2.81. The highest BCUT2D eigenvalue weighted by Gasteiger charge is 2.28. The first kappa shape index (κ1) is 16.5. The van der Waals surface area contributed by atoms with Gasteiger partial charge in [0.1, 0.15) is 6.33 Å². The molecule has 1 aliphatic carbocycles. The number of carbonyl (C=O) groups excluding carboxylic acids is 1. The lowest BCUT2D eigenvalue weighted by molar-refractivity contribution is 0.102. The molecular formula is C19H17N7O2. The number of anilines is 1. The maximum atomic E-state index is 13.1. The molecule has 9 nitrogen and oxygen atoms in total. The Balaban J connectivity index is 1.49. The van der Waals surface area contributed by atoms with E-state index in [0.29, 0.717) is 34.0 Å². The van der Waals surface area contributed by atoms with Crippen LogP contribution in [-0.4, -0.2) is 36.3 Å². The number of aryl methyl sites for hydroxylation is 2. The number of benzene rings is 1. The topological polar surface area (TPSA) is 112 Å². The van der Waals surface area contributed by atoms with Crippen molar-refractivity contribution in [2.45, 2.75) is 32.6 Å². The third-order valence-electron chi connectivity index (χ3n) is 4.93. The van der Waals surface area contributed by atoms with Crippen LogP contribution in [0.25, 0.3) is 16.8 Å². The van der Waals surface area contributed by atoms with Gasteiger partial charge < -0.3 is 9.84 Å². The van der Waals surface area contributed by atoms with Crippen molar-refractivity contribution in [3.63, 3.8) is 0 Å². The van der Waals surface area contributed by atoms with E-state index in [2.05, 4.69) is 31.0 Å². The molecule has 1 N–H and O–H groups in total. The molecule has 1 aliphatic rings. The first-order valence-electron chi connectivity index (χ1n) is 9.02. The van der Waals surface area contributed by atoms with Crippen molar-refractivity contribution in [2.75, 3.05) is 5.32 Å². The summed E-state index contributed by atoms with van der Waals surface area (Å²) in [6, 6.07) is 7.43. The zero-order chi connectivity index (χ0) is 19.3. The summed E-state index contributed by atoms with van der Waals surface area (Å²) >= 11 is 0. The Morgan fingerprint density at radius 3 is 2.82 bits per heavy atom. The van der Waals surface area contributed by atoms with Crippen LogP contribution in [-0.2, 0) is 0 Å². The van der Waals surface area contributed by atoms with Crippen LogP contribution in [0.5, 0.6) is 0 Å². The normalized spacial score (nSPS) is 13.8. The van der Waals surface area contributed by atoms with E-state index in [0.717, 1.165) is 29.8 Å². The van der Waals surface area contributed by atoms with Gasteiger partial charge in [0.2, 0.25) is 0 Å². The van der Waals surface area contributed by atoms with Crippen LogP contribution >= 0.6 is 0 Å². The van der Waals surface area contributed by atoms with Crippen LogP contribution in [0.2, 0.25) is 0 Å². The molecule has 9 heteroatoms. The van der Waals surface area contributed by atoms with E-state index in [4.69, 9.17) is 4.52 Å². The Morgan fingerprint density at radius 2 is 2.11 bits per heavy atom. The lowest BCUT2D eigenvalue weighted by Gasteiger charge is -2.10. The molecule has 28 heavy (non-hydrogen) atoms. The quantitative estimate of drug-likeness (QED) is 0.583. The smallest absolute Gasteiger partial charge is 0.259 e. The fraction of sp³-hybridized carbons (Fsp3) is 0.263. The minimum absolute atomic E-state index is 0.213. The molecular weight excluding hydrogens is 358 g/mol. The predicted molar refractivity (Wildman–Crippen MR) is 100 cm³/mol. The molecule has 0 saturated heterocycles. The molecule has 0 atom stereocenters. The zero-order valence-electron chi connectivity index (χ0n) is 15.4. The van der Waals surface area contributed by atoms with Gasteiger partial charge in [0, 0.05) is 17.3 Å². The Bertz CT molecular complexity index is 1190. The van der Waals surface area contributed by atoms with Crippen molar-refractivity contribution in [3.8, 4) is 5.69 Å². The second-order valence-corrected chi connectivity index (χ2v) is 7.03. The molecule has 0 unspecified atom stereocenters. The average molecular weight is 375 g/mol. The largest absolute Gasteiger partial charge is 0.336 e. The van der Waals surface area contributed by atoms with Crippen LogP contribution in [0.1, 0.15) is 46.1 Å². The second kappa shape index (κ2) is 6.22. The Hall–Kier alpha value is -3.62. The maximum absolute atomic E-state index is 13.1. The van der Waals surface area contributed by atoms with E-state index in [1.165, 1.54) is 6.33 Å². The molecule has 5 rings (SSSR count). The number of pyridine rings is 1. The number of hydrogen-bond donors (Lipinski definition) is 1. The van der Waals surface area contributed by atoms with Crippen LogP contribution in [0.3, 0.4) is 0 Å². The molecule has 0 spiro atoms. The summed E-state index contributed by atoms with van der Waals surface area (Å²) in [6.45, 7) is 3.75. The zero-order valence-corrected chi connectivity index (χ0v) is 15.4. The SMILES string of the molecule is Cc1cc(NC(=O)c2cc(C3CC3)nc3onc(C)c23)ccc1-n1cnnn1. The average Bonchev–Trinajstić information content (AvgIpc) is 3.27. The first-order chi connectivity index (χ1) is 13.6. The van der Waals surface area contributed by atoms with Gasteiger partial charge in [0.15, 0.2) is 0 Å². The summed E-state index contributed by atoms with van der Waals surface area (Å²) in [5.74, 6) is 0.189. The van der Waals surface area contributed by atoms with Gasteiger partial charge in [-0.2, -0.15) is 0 Å². The van der Waals surface area contributed by atoms with Crippen LogP contribution in [0.4, 0.5) is 5.69 Å². The van der Waals surface area contributed by atoms with Crippen molar-refractivity contribution < 1.29 is 9.32 Å². The highest BCUT2D eigenvalue weighted by molar-refractivity contribution is 6.12. The maximum Gasteiger partial charge on any atom is 0.259 e. The number of tetrazole rings is 1. The number of amides is 1. The Kier molecular flexibility index (Phi) is 3.68. The summed E-state index contributed by atoms with van der Waals surface area (Å²) in [5.41, 5.74) is 4.96. The lowest BCUT2D eigenvalue weighted by atomic mass is 10.1. The summed E-state index contributed by atoms with van der Waals surface area (Å²) in [7, 11) is 0. The fourth-order valence-corrected chi connectivity index (χ4v) is 3.34. The lowest BCUT2D eigenvalue weighted by Crippen LogP contribution is -2.14. The number of aromatic nitrogens is 6. The molecule has 3 heterocycles. The standard InChI is InChI=1S/C19H17N7O2/c1-10-7-13(5-6-16(10)26-9-20-24-25-26)21-18(27)14-8-15(12-3-4-12)22-19-17(14)11(2)23-28-19/h5-9,12H,3-4H2,1-2H3,(H,21,27). The summed E-state index contributed by atoms with van der Waals surface area (Å²) in [5, 5.41) is 18.8. The monoisotopic (exact) mass is 375 g/mol. The predicted octanol–water partition coefficient (Wildman–Crippen LogP) is 2.95. The summed E-state index contributed by atoms with van der Waals surface area (Å²) in [4.78, 5) is 17.6. The van der Waals surface area contributed by atoms with E-state index in [1.807, 2.05) is 38.1 Å². The van der Waals surface area contributed by atoms with Gasteiger partial charge >= 0.3 is 0 Å². The molecule has 140 valence electrons. The van der Waals surface area contributed by atoms with Crippen LogP contribution in [0, 0.1) is 13.8 Å². The summed E-state index contributed by atoms with van der Waals surface area (Å²) < 4.78 is 6.90. The van der Waals surface area contributed by atoms with Gasteiger partial charge in [-0.15, -0.1) is 5.10 Å². The number of carbonyl (C=O) groups is 1. The minimum atomic E-state index is -0.213. The van der Waals surface area contributed by atoms with E-state index in [1.54, 1.807) is 4.68 Å². The first-order valence-corrected chi connectivity index (χ1v) is 9.02. The van der Waals surface area contributed by atoms with E-state index < -0.39 is 0 Å². The molecule has 0 bridgehead atoms. The van der Waals surface area contributed by atoms with E-state index >= 15 is 0 Å². The highest BCUT2D eigenvalue weighted by atomic mass is 16.5. The van der Waals surface area contributed by atoms with Crippen LogP contribution < -0.4 is 5.32 Å². The molecule has 0 aliphatic heterocycles. The van der Waals surface area contributed by atoms with Gasteiger partial charge in [-0.1, -0.05) is 5.16 Å². The number of nitrogens with one attached hydrogen (secondary N) is 1. The van der Waals surface area contributed by atoms with E-state index in [9.17, 15) is 4.79 Å². The number of rotatable bonds is 4. The molecule has 1 fully saturated rings. The van der Waals surface area contributed by atoms with E-state index in [-0.39, 0.29) is 5.91 Å². The van der Waals surface area contributed by atoms with Crippen molar-refractivity contribution >= 4 is 22.7 Å².